The van der Waals surface area contributed by atoms with Crippen molar-refractivity contribution in [3.8, 4) is 0 Å². The second-order valence-corrected chi connectivity index (χ2v) is 10.4. The van der Waals surface area contributed by atoms with Gasteiger partial charge in [-0.1, -0.05) is 24.3 Å². The summed E-state index contributed by atoms with van der Waals surface area (Å²) in [5, 5.41) is 0. The maximum absolute atomic E-state index is 12.9. The summed E-state index contributed by atoms with van der Waals surface area (Å²) in [6, 6.07) is 12.5. The third kappa shape index (κ3) is 4.96. The van der Waals surface area contributed by atoms with Gasteiger partial charge in [-0.15, -0.1) is 0 Å². The van der Waals surface area contributed by atoms with E-state index in [9.17, 15) is 12.8 Å². The lowest BCUT2D eigenvalue weighted by Gasteiger charge is -2.24. The zero-order valence-corrected chi connectivity index (χ0v) is 16.2. The van der Waals surface area contributed by atoms with E-state index in [1.54, 1.807) is 33.5 Å². The minimum Gasteiger partial charge on any atom is -0.377 e. The van der Waals surface area contributed by atoms with E-state index in [1.165, 1.54) is 12.1 Å². The number of benzene rings is 2. The van der Waals surface area contributed by atoms with Gasteiger partial charge < -0.3 is 13.3 Å². The molecule has 0 radical (unpaired) electrons. The molecule has 0 unspecified atom stereocenters. The second-order valence-electron chi connectivity index (χ2n) is 5.50. The highest BCUT2D eigenvalue weighted by atomic mass is 32.2. The summed E-state index contributed by atoms with van der Waals surface area (Å²) in [6.07, 6.45) is 0. The summed E-state index contributed by atoms with van der Waals surface area (Å²) in [5.74, 6) is -0.620. The molecule has 0 aliphatic rings. The minimum absolute atomic E-state index is 0.0996. The van der Waals surface area contributed by atoms with Crippen LogP contribution in [-0.2, 0) is 34.9 Å². The molecule has 0 heterocycles. The summed E-state index contributed by atoms with van der Waals surface area (Å²) in [4.78, 5) is 0.0996. The number of sulfone groups is 1. The molecule has 0 N–H and O–H groups in total. The summed E-state index contributed by atoms with van der Waals surface area (Å²) in [7, 11) is -1.62. The molecule has 136 valence electrons. The molecule has 2 rings (SSSR count). The fraction of sp³-hybridized carbons (Fsp3) is 0.294. The summed E-state index contributed by atoms with van der Waals surface area (Å²) < 4.78 is 53.9. The first-order valence-corrected chi connectivity index (χ1v) is 11.1. The molecule has 0 spiro atoms. The topological polar surface area (TPSA) is 61.8 Å². The molecule has 2 aromatic carbocycles. The van der Waals surface area contributed by atoms with Crippen LogP contribution in [0.4, 0.5) is 4.39 Å². The van der Waals surface area contributed by atoms with E-state index in [0.29, 0.717) is 11.6 Å². The Morgan fingerprint density at radius 1 is 0.840 bits per heavy atom. The number of hydrogen-bond donors (Lipinski definition) is 0. The second kappa shape index (κ2) is 8.20. The van der Waals surface area contributed by atoms with Crippen molar-refractivity contribution in [3.05, 3.63) is 65.5 Å². The summed E-state index contributed by atoms with van der Waals surface area (Å²) in [6.45, 7) is 0. The Hall–Kier alpha value is -1.58. The van der Waals surface area contributed by atoms with Crippen LogP contribution in [-0.4, -0.2) is 38.6 Å². The Morgan fingerprint density at radius 3 is 1.80 bits per heavy atom. The first-order valence-electron chi connectivity index (χ1n) is 7.56. The zero-order valence-electron chi connectivity index (χ0n) is 14.4. The summed E-state index contributed by atoms with van der Waals surface area (Å²) >= 11 is 0. The van der Waals surface area contributed by atoms with Crippen molar-refractivity contribution < 1.29 is 26.1 Å². The van der Waals surface area contributed by atoms with Crippen LogP contribution in [0.3, 0.4) is 0 Å². The Bertz CT molecular complexity index is 779. The van der Waals surface area contributed by atoms with Crippen LogP contribution in [0.5, 0.6) is 0 Å². The predicted molar refractivity (Wildman–Crippen MR) is 94.2 cm³/mol. The van der Waals surface area contributed by atoms with Crippen LogP contribution >= 0.6 is 0 Å². The van der Waals surface area contributed by atoms with Gasteiger partial charge in [0.25, 0.3) is 0 Å². The van der Waals surface area contributed by atoms with Crippen LogP contribution in [0.1, 0.15) is 11.1 Å². The lowest BCUT2D eigenvalue weighted by Crippen LogP contribution is -2.45. The predicted octanol–water partition coefficient (Wildman–Crippen LogP) is 2.76. The molecular formula is C17H21FO5SSi. The van der Waals surface area contributed by atoms with E-state index in [4.69, 9.17) is 13.3 Å². The van der Waals surface area contributed by atoms with Gasteiger partial charge in [-0.05, 0) is 35.4 Å². The van der Waals surface area contributed by atoms with Gasteiger partial charge in [0.2, 0.25) is 0 Å². The van der Waals surface area contributed by atoms with Crippen molar-refractivity contribution in [2.75, 3.05) is 21.3 Å². The average Bonchev–Trinajstić information content (AvgIpc) is 2.61. The number of halogens is 1. The molecule has 8 heteroatoms. The van der Waals surface area contributed by atoms with Gasteiger partial charge in [0.1, 0.15) is 5.82 Å². The van der Waals surface area contributed by atoms with Crippen molar-refractivity contribution in [3.63, 3.8) is 0 Å². The van der Waals surface area contributed by atoms with Gasteiger partial charge in [-0.3, -0.25) is 0 Å². The van der Waals surface area contributed by atoms with Crippen LogP contribution in [0.2, 0.25) is 0 Å². The zero-order chi connectivity index (χ0) is 18.5. The Labute approximate surface area is 148 Å². The van der Waals surface area contributed by atoms with Crippen molar-refractivity contribution >= 4 is 18.6 Å². The van der Waals surface area contributed by atoms with Gasteiger partial charge in [0, 0.05) is 27.4 Å². The highest BCUT2D eigenvalue weighted by Crippen LogP contribution is 2.19. The maximum atomic E-state index is 12.9. The first-order chi connectivity index (χ1) is 11.8. The molecule has 25 heavy (non-hydrogen) atoms. The molecule has 2 aromatic rings. The smallest absolute Gasteiger partial charge is 0.377 e. The molecule has 0 atom stereocenters. The van der Waals surface area contributed by atoms with Crippen molar-refractivity contribution in [1.29, 1.82) is 0 Å². The quantitative estimate of drug-likeness (QED) is 0.517. The number of hydrogen-bond acceptors (Lipinski definition) is 5. The molecular weight excluding hydrogens is 363 g/mol. The first kappa shape index (κ1) is 19.7. The Balaban J connectivity index is 2.13. The SMILES string of the molecule is CO[Si](Cc1ccc(CS(=O)(=O)c2ccc(F)cc2)cc1)(OC)OC. The molecule has 0 fully saturated rings. The van der Waals surface area contributed by atoms with Crippen LogP contribution in [0.15, 0.2) is 53.4 Å². The van der Waals surface area contributed by atoms with Crippen molar-refractivity contribution in [2.45, 2.75) is 16.7 Å². The van der Waals surface area contributed by atoms with E-state index >= 15 is 0 Å². The minimum atomic E-state index is -3.52. The largest absolute Gasteiger partial charge is 0.504 e. The van der Waals surface area contributed by atoms with Crippen LogP contribution in [0.25, 0.3) is 0 Å². The molecule has 0 amide bonds. The Morgan fingerprint density at radius 2 is 1.32 bits per heavy atom. The molecule has 0 aromatic heterocycles. The van der Waals surface area contributed by atoms with E-state index in [1.807, 2.05) is 12.1 Å². The maximum Gasteiger partial charge on any atom is 0.504 e. The third-order valence-electron chi connectivity index (χ3n) is 3.91. The fourth-order valence-corrected chi connectivity index (χ4v) is 5.43. The van der Waals surface area contributed by atoms with E-state index in [0.717, 1.165) is 17.7 Å². The van der Waals surface area contributed by atoms with E-state index in [-0.39, 0.29) is 10.6 Å². The molecule has 5 nitrogen and oxygen atoms in total. The van der Waals surface area contributed by atoms with Gasteiger partial charge in [-0.25, -0.2) is 12.8 Å². The molecule has 0 aliphatic heterocycles. The molecule has 0 bridgehead atoms. The van der Waals surface area contributed by atoms with Gasteiger partial charge in [-0.2, -0.15) is 0 Å². The van der Waals surface area contributed by atoms with Crippen molar-refractivity contribution in [1.82, 2.24) is 0 Å². The van der Waals surface area contributed by atoms with Crippen LogP contribution < -0.4 is 0 Å². The highest BCUT2D eigenvalue weighted by Gasteiger charge is 2.37. The lowest BCUT2D eigenvalue weighted by atomic mass is 10.2. The van der Waals surface area contributed by atoms with Gasteiger partial charge in [0.15, 0.2) is 9.84 Å². The van der Waals surface area contributed by atoms with Crippen molar-refractivity contribution in [2.24, 2.45) is 0 Å². The molecule has 0 aliphatic carbocycles. The fourth-order valence-electron chi connectivity index (χ4n) is 2.41. The average molecular weight is 385 g/mol. The standard InChI is InChI=1S/C17H21FO5SSi/c1-21-25(22-2,23-3)13-15-6-4-14(5-7-15)12-24(19,20)17-10-8-16(18)9-11-17/h4-11H,12-13H2,1-3H3. The van der Waals surface area contributed by atoms with E-state index < -0.39 is 24.5 Å². The molecule has 0 saturated heterocycles. The lowest BCUT2D eigenvalue weighted by molar-refractivity contribution is 0.122. The summed E-state index contributed by atoms with van der Waals surface area (Å²) in [5.41, 5.74) is 1.58. The normalized spacial score (nSPS) is 12.3. The highest BCUT2D eigenvalue weighted by molar-refractivity contribution is 7.90. The van der Waals surface area contributed by atoms with E-state index in [2.05, 4.69) is 0 Å². The van der Waals surface area contributed by atoms with Gasteiger partial charge in [0.05, 0.1) is 10.6 Å². The van der Waals surface area contributed by atoms with Crippen LogP contribution in [0, 0.1) is 5.82 Å². The number of rotatable bonds is 8. The molecule has 0 saturated carbocycles. The van der Waals surface area contributed by atoms with Gasteiger partial charge >= 0.3 is 8.80 Å². The Kier molecular flexibility index (Phi) is 6.47. The monoisotopic (exact) mass is 384 g/mol. The third-order valence-corrected chi connectivity index (χ3v) is 8.32.